The van der Waals surface area contributed by atoms with Gasteiger partial charge < -0.3 is 9.73 Å². The number of aromatic amines is 1. The first-order valence-corrected chi connectivity index (χ1v) is 5.81. The highest BCUT2D eigenvalue weighted by atomic mass is 16.3. The molecule has 0 unspecified atom stereocenters. The predicted octanol–water partition coefficient (Wildman–Crippen LogP) is 2.42. The number of carbonyl (C=O) groups is 1. The van der Waals surface area contributed by atoms with Crippen LogP contribution >= 0.6 is 0 Å². The van der Waals surface area contributed by atoms with Crippen molar-refractivity contribution in [3.05, 3.63) is 41.6 Å². The maximum Gasteiger partial charge on any atom is 0.259 e. The first kappa shape index (κ1) is 11.5. The zero-order chi connectivity index (χ0) is 13.4. The number of H-pyrrole nitrogens is 1. The quantitative estimate of drug-likeness (QED) is 0.737. The lowest BCUT2D eigenvalue weighted by molar-refractivity contribution is 0.102. The van der Waals surface area contributed by atoms with Gasteiger partial charge in [-0.3, -0.25) is 9.89 Å². The third-order valence-electron chi connectivity index (χ3n) is 2.89. The highest BCUT2D eigenvalue weighted by molar-refractivity contribution is 6.08. The Kier molecular flexibility index (Phi) is 2.56. The molecule has 0 aliphatic rings. The number of rotatable bonds is 2. The number of anilines is 1. The van der Waals surface area contributed by atoms with E-state index in [0.717, 1.165) is 5.39 Å². The Hall–Kier alpha value is -2.63. The van der Waals surface area contributed by atoms with Crippen LogP contribution in [0, 0.1) is 13.8 Å². The molecule has 0 aliphatic heterocycles. The molecule has 1 amide bonds. The Bertz CT molecular complexity index is 757. The number of amides is 1. The van der Waals surface area contributed by atoms with Crippen molar-refractivity contribution in [3.63, 3.8) is 0 Å². The number of aromatic nitrogens is 3. The van der Waals surface area contributed by atoms with Gasteiger partial charge in [0.2, 0.25) is 0 Å². The van der Waals surface area contributed by atoms with Crippen LogP contribution in [0.3, 0.4) is 0 Å². The van der Waals surface area contributed by atoms with Crippen LogP contribution in [0.15, 0.2) is 28.9 Å². The smallest absolute Gasteiger partial charge is 0.259 e. The Morgan fingerprint density at radius 1 is 1.42 bits per heavy atom. The van der Waals surface area contributed by atoms with Crippen molar-refractivity contribution in [1.82, 2.24) is 15.2 Å². The number of carbonyl (C=O) groups excluding carboxylic acids is 1. The summed E-state index contributed by atoms with van der Waals surface area (Å²) in [5.41, 5.74) is 1.84. The summed E-state index contributed by atoms with van der Waals surface area (Å²) in [5.74, 6) is 1.11. The van der Waals surface area contributed by atoms with E-state index in [1.54, 1.807) is 31.5 Å². The number of nitrogens with zero attached hydrogens (tertiary/aromatic N) is 2. The average molecular weight is 256 g/mol. The van der Waals surface area contributed by atoms with Gasteiger partial charge in [-0.2, -0.15) is 5.10 Å². The lowest BCUT2D eigenvalue weighted by Crippen LogP contribution is -2.12. The zero-order valence-corrected chi connectivity index (χ0v) is 10.5. The Balaban J connectivity index is 1.95. The van der Waals surface area contributed by atoms with Crippen LogP contribution in [0.1, 0.15) is 21.9 Å². The summed E-state index contributed by atoms with van der Waals surface area (Å²) in [4.78, 5) is 16.3. The number of fused-ring (bicyclic) bond motifs is 1. The van der Waals surface area contributed by atoms with E-state index in [4.69, 9.17) is 4.42 Å². The van der Waals surface area contributed by atoms with Crippen molar-refractivity contribution in [2.75, 3.05) is 5.32 Å². The lowest BCUT2D eigenvalue weighted by Gasteiger charge is -2.04. The second-order valence-electron chi connectivity index (χ2n) is 4.27. The molecule has 2 N–H and O–H groups in total. The first-order valence-electron chi connectivity index (χ1n) is 5.81. The van der Waals surface area contributed by atoms with Gasteiger partial charge in [-0.25, -0.2) is 4.98 Å². The predicted molar refractivity (Wildman–Crippen MR) is 70.0 cm³/mol. The maximum atomic E-state index is 12.2. The molecule has 19 heavy (non-hydrogen) atoms. The van der Waals surface area contributed by atoms with Crippen LogP contribution in [0.4, 0.5) is 5.69 Å². The standard InChI is InChI=1S/C13H12N4O2/c1-7-5-9(8(2)19-7)13(18)16-11-3-4-14-12-10(11)6-15-17-12/h3-6H,1-2H3,(H2,14,15,16,17,18). The fourth-order valence-electron chi connectivity index (χ4n) is 2.01. The maximum absolute atomic E-state index is 12.2. The molecule has 3 aromatic rings. The minimum Gasteiger partial charge on any atom is -0.466 e. The number of pyridine rings is 1. The molecule has 0 saturated carbocycles. The molecule has 0 aromatic carbocycles. The van der Waals surface area contributed by atoms with Gasteiger partial charge in [0.05, 0.1) is 22.8 Å². The third-order valence-corrected chi connectivity index (χ3v) is 2.89. The number of furan rings is 1. The molecular weight excluding hydrogens is 244 g/mol. The second-order valence-corrected chi connectivity index (χ2v) is 4.27. The Labute approximate surface area is 108 Å². The Morgan fingerprint density at radius 3 is 3.00 bits per heavy atom. The van der Waals surface area contributed by atoms with Gasteiger partial charge >= 0.3 is 0 Å². The van der Waals surface area contributed by atoms with Gasteiger partial charge in [0.1, 0.15) is 11.5 Å². The molecule has 0 spiro atoms. The van der Waals surface area contributed by atoms with Crippen LogP contribution in [0.5, 0.6) is 0 Å². The van der Waals surface area contributed by atoms with Crippen molar-refractivity contribution < 1.29 is 9.21 Å². The fraction of sp³-hybridized carbons (Fsp3) is 0.154. The van der Waals surface area contributed by atoms with E-state index in [-0.39, 0.29) is 5.91 Å². The van der Waals surface area contributed by atoms with E-state index in [2.05, 4.69) is 20.5 Å². The SMILES string of the molecule is Cc1cc(C(=O)Nc2ccnc3[nH]ncc23)c(C)o1. The summed E-state index contributed by atoms with van der Waals surface area (Å²) >= 11 is 0. The van der Waals surface area contributed by atoms with E-state index in [1.807, 2.05) is 6.92 Å². The normalized spacial score (nSPS) is 10.8. The van der Waals surface area contributed by atoms with Crippen LogP contribution in [-0.4, -0.2) is 21.1 Å². The van der Waals surface area contributed by atoms with Crippen molar-refractivity contribution in [2.24, 2.45) is 0 Å². The van der Waals surface area contributed by atoms with Crippen LogP contribution < -0.4 is 5.32 Å². The molecule has 0 bridgehead atoms. The van der Waals surface area contributed by atoms with Crippen molar-refractivity contribution in [2.45, 2.75) is 13.8 Å². The number of nitrogens with one attached hydrogen (secondary N) is 2. The summed E-state index contributed by atoms with van der Waals surface area (Å²) in [7, 11) is 0. The molecule has 96 valence electrons. The number of aryl methyl sites for hydroxylation is 2. The van der Waals surface area contributed by atoms with Crippen molar-refractivity contribution in [1.29, 1.82) is 0 Å². The molecule has 0 radical (unpaired) electrons. The monoisotopic (exact) mass is 256 g/mol. The fourth-order valence-corrected chi connectivity index (χ4v) is 2.01. The largest absolute Gasteiger partial charge is 0.466 e. The molecule has 3 heterocycles. The van der Waals surface area contributed by atoms with Crippen molar-refractivity contribution in [3.8, 4) is 0 Å². The summed E-state index contributed by atoms with van der Waals surface area (Å²) in [6, 6.07) is 3.45. The molecule has 0 atom stereocenters. The minimum atomic E-state index is -0.206. The van der Waals surface area contributed by atoms with Gasteiger partial charge in [-0.1, -0.05) is 0 Å². The molecule has 6 nitrogen and oxygen atoms in total. The molecule has 3 rings (SSSR count). The second kappa shape index (κ2) is 4.24. The van der Waals surface area contributed by atoms with E-state index in [0.29, 0.717) is 28.4 Å². The zero-order valence-electron chi connectivity index (χ0n) is 10.5. The van der Waals surface area contributed by atoms with E-state index in [1.165, 1.54) is 0 Å². The van der Waals surface area contributed by atoms with E-state index >= 15 is 0 Å². The first-order chi connectivity index (χ1) is 9.15. The van der Waals surface area contributed by atoms with E-state index in [9.17, 15) is 4.79 Å². The topological polar surface area (TPSA) is 83.8 Å². The summed E-state index contributed by atoms with van der Waals surface area (Å²) in [6.07, 6.45) is 3.25. The molecular formula is C13H12N4O2. The highest BCUT2D eigenvalue weighted by Gasteiger charge is 2.15. The third kappa shape index (κ3) is 1.97. The average Bonchev–Trinajstić information content (AvgIpc) is 2.96. The van der Waals surface area contributed by atoms with E-state index < -0.39 is 0 Å². The summed E-state index contributed by atoms with van der Waals surface area (Å²) in [5, 5.41) is 10.3. The van der Waals surface area contributed by atoms with Gasteiger partial charge in [0.25, 0.3) is 5.91 Å². The highest BCUT2D eigenvalue weighted by Crippen LogP contribution is 2.21. The van der Waals surface area contributed by atoms with Crippen molar-refractivity contribution >= 4 is 22.6 Å². The Morgan fingerprint density at radius 2 is 2.26 bits per heavy atom. The van der Waals surface area contributed by atoms with Gasteiger partial charge in [0.15, 0.2) is 5.65 Å². The molecule has 3 aromatic heterocycles. The van der Waals surface area contributed by atoms with Gasteiger partial charge in [-0.15, -0.1) is 0 Å². The van der Waals surface area contributed by atoms with Crippen LogP contribution in [-0.2, 0) is 0 Å². The van der Waals surface area contributed by atoms with Gasteiger partial charge in [0, 0.05) is 6.20 Å². The molecule has 6 heteroatoms. The summed E-state index contributed by atoms with van der Waals surface area (Å²) < 4.78 is 5.35. The minimum absolute atomic E-state index is 0.206. The van der Waals surface area contributed by atoms with Crippen LogP contribution in [0.25, 0.3) is 11.0 Å². The molecule has 0 saturated heterocycles. The molecule has 0 aliphatic carbocycles. The van der Waals surface area contributed by atoms with Crippen LogP contribution in [0.2, 0.25) is 0 Å². The molecule has 0 fully saturated rings. The lowest BCUT2D eigenvalue weighted by atomic mass is 10.2. The summed E-state index contributed by atoms with van der Waals surface area (Å²) in [6.45, 7) is 3.58. The van der Waals surface area contributed by atoms with Gasteiger partial charge in [-0.05, 0) is 26.0 Å². The number of hydrogen-bond donors (Lipinski definition) is 2. The number of hydrogen-bond acceptors (Lipinski definition) is 4.